The van der Waals surface area contributed by atoms with Crippen molar-refractivity contribution in [2.24, 2.45) is 0 Å². The van der Waals surface area contributed by atoms with Crippen molar-refractivity contribution in [3.63, 3.8) is 0 Å². The van der Waals surface area contributed by atoms with Crippen molar-refractivity contribution in [3.8, 4) is 5.75 Å². The third kappa shape index (κ3) is 3.80. The van der Waals surface area contributed by atoms with Crippen LogP contribution in [0, 0.1) is 0 Å². The van der Waals surface area contributed by atoms with Gasteiger partial charge in [-0.15, -0.1) is 0 Å². The van der Waals surface area contributed by atoms with E-state index in [9.17, 15) is 5.11 Å². The van der Waals surface area contributed by atoms with Gasteiger partial charge in [-0.2, -0.15) is 0 Å². The fourth-order valence-electron chi connectivity index (χ4n) is 2.61. The van der Waals surface area contributed by atoms with E-state index < -0.39 is 0 Å². The monoisotopic (exact) mass is 284 g/mol. The van der Waals surface area contributed by atoms with E-state index in [0.29, 0.717) is 6.61 Å². The van der Waals surface area contributed by atoms with E-state index in [4.69, 9.17) is 4.74 Å². The quantitative estimate of drug-likeness (QED) is 0.914. The molecule has 0 radical (unpaired) electrons. The summed E-state index contributed by atoms with van der Waals surface area (Å²) in [4.78, 5) is 6.53. The smallest absolute Gasteiger partial charge is 0.130 e. The van der Waals surface area contributed by atoms with Crippen LogP contribution in [0.2, 0.25) is 0 Å². The number of ether oxygens (including phenoxy) is 1. The number of likely N-dealkylation sites (tertiary alicyclic amines) is 1. The first-order valence-electron chi connectivity index (χ1n) is 7.32. The van der Waals surface area contributed by atoms with Crippen molar-refractivity contribution in [2.45, 2.75) is 25.7 Å². The number of β-amino-alcohol motifs (C(OH)–C–C–N with tert-alkyl or cyclic N) is 1. The molecule has 3 rings (SSSR count). The number of hydrogen-bond donors (Lipinski definition) is 1. The Hall–Kier alpha value is -1.91. The van der Waals surface area contributed by atoms with Gasteiger partial charge in [-0.3, -0.25) is 9.88 Å². The summed E-state index contributed by atoms with van der Waals surface area (Å²) in [5, 5.41) is 9.62. The van der Waals surface area contributed by atoms with Gasteiger partial charge in [0.25, 0.3) is 0 Å². The zero-order valence-corrected chi connectivity index (χ0v) is 12.0. The molecule has 1 aromatic heterocycles. The number of aliphatic hydroxyl groups is 1. The van der Waals surface area contributed by atoms with Gasteiger partial charge in [0.05, 0.1) is 11.8 Å². The minimum atomic E-state index is -0.188. The fraction of sp³-hybridized carbons (Fsp3) is 0.353. The molecule has 110 valence electrons. The van der Waals surface area contributed by atoms with E-state index in [-0.39, 0.29) is 6.10 Å². The van der Waals surface area contributed by atoms with E-state index in [2.05, 4.69) is 16.0 Å². The summed E-state index contributed by atoms with van der Waals surface area (Å²) in [5.74, 6) is 0.893. The molecule has 1 atom stereocenters. The van der Waals surface area contributed by atoms with Gasteiger partial charge in [-0.25, -0.2) is 0 Å². The highest BCUT2D eigenvalue weighted by Gasteiger charge is 2.20. The first kappa shape index (κ1) is 14.0. The highest BCUT2D eigenvalue weighted by Crippen LogP contribution is 2.22. The van der Waals surface area contributed by atoms with Gasteiger partial charge in [-0.1, -0.05) is 24.3 Å². The number of hydrogen-bond acceptors (Lipinski definition) is 4. The molecule has 0 unspecified atom stereocenters. The predicted molar refractivity (Wildman–Crippen MR) is 80.9 cm³/mol. The van der Waals surface area contributed by atoms with Crippen molar-refractivity contribution >= 4 is 0 Å². The Morgan fingerprint density at radius 2 is 2.05 bits per heavy atom. The minimum absolute atomic E-state index is 0.188. The lowest BCUT2D eigenvalue weighted by atomic mass is 10.2. The van der Waals surface area contributed by atoms with Crippen LogP contribution in [0.3, 0.4) is 0 Å². The zero-order chi connectivity index (χ0) is 14.5. The topological polar surface area (TPSA) is 45.6 Å². The average molecular weight is 284 g/mol. The van der Waals surface area contributed by atoms with Crippen LogP contribution in [-0.2, 0) is 13.2 Å². The Labute approximate surface area is 125 Å². The second kappa shape index (κ2) is 6.70. The van der Waals surface area contributed by atoms with Crippen molar-refractivity contribution < 1.29 is 9.84 Å². The summed E-state index contributed by atoms with van der Waals surface area (Å²) in [6.45, 7) is 2.97. The normalized spacial score (nSPS) is 18.8. The Kier molecular flexibility index (Phi) is 4.48. The van der Waals surface area contributed by atoms with Crippen LogP contribution in [0.25, 0.3) is 0 Å². The maximum absolute atomic E-state index is 9.62. The molecule has 0 aliphatic carbocycles. The first-order valence-corrected chi connectivity index (χ1v) is 7.32. The van der Waals surface area contributed by atoms with Gasteiger partial charge in [0.15, 0.2) is 0 Å². The third-order valence-corrected chi connectivity index (χ3v) is 3.72. The lowest BCUT2D eigenvalue weighted by Crippen LogP contribution is -2.21. The van der Waals surface area contributed by atoms with Crippen molar-refractivity contribution in [2.75, 3.05) is 13.1 Å². The Bertz CT molecular complexity index is 574. The van der Waals surface area contributed by atoms with Crippen LogP contribution >= 0.6 is 0 Å². The molecule has 0 bridgehead atoms. The van der Waals surface area contributed by atoms with Crippen LogP contribution < -0.4 is 4.74 Å². The number of nitrogens with zero attached hydrogens (tertiary/aromatic N) is 2. The molecule has 21 heavy (non-hydrogen) atoms. The first-order chi connectivity index (χ1) is 10.3. The average Bonchev–Trinajstić information content (AvgIpc) is 2.93. The molecule has 0 saturated carbocycles. The number of aliphatic hydroxyl groups excluding tert-OH is 1. The van der Waals surface area contributed by atoms with Gasteiger partial charge in [0.1, 0.15) is 12.4 Å². The molecule has 1 saturated heterocycles. The van der Waals surface area contributed by atoms with E-state index in [1.807, 2.05) is 36.4 Å². The summed E-state index contributed by atoms with van der Waals surface area (Å²) in [7, 11) is 0. The van der Waals surface area contributed by atoms with Crippen LogP contribution in [0.4, 0.5) is 0 Å². The van der Waals surface area contributed by atoms with Gasteiger partial charge in [0.2, 0.25) is 0 Å². The van der Waals surface area contributed by atoms with Crippen molar-refractivity contribution in [1.29, 1.82) is 0 Å². The van der Waals surface area contributed by atoms with E-state index in [1.165, 1.54) is 0 Å². The predicted octanol–water partition coefficient (Wildman–Crippen LogP) is 2.23. The standard InChI is InChI=1S/C17H20N2O2/c20-16-8-10-19(12-16)11-14-5-1-2-7-17(14)21-13-15-6-3-4-9-18-15/h1-7,9,16,20H,8,10-13H2/t16-/m1/s1. The second-order valence-electron chi connectivity index (χ2n) is 5.40. The molecule has 2 aromatic rings. The van der Waals surface area contributed by atoms with Gasteiger partial charge < -0.3 is 9.84 Å². The number of rotatable bonds is 5. The van der Waals surface area contributed by atoms with Crippen molar-refractivity contribution in [3.05, 3.63) is 59.9 Å². The molecule has 1 aromatic carbocycles. The van der Waals surface area contributed by atoms with Crippen LogP contribution in [0.5, 0.6) is 5.75 Å². The lowest BCUT2D eigenvalue weighted by Gasteiger charge is -2.17. The molecule has 4 heteroatoms. The molecular formula is C17H20N2O2. The van der Waals surface area contributed by atoms with Crippen LogP contribution in [0.1, 0.15) is 17.7 Å². The second-order valence-corrected chi connectivity index (χ2v) is 5.40. The SMILES string of the molecule is O[C@@H]1CCN(Cc2ccccc2OCc2ccccn2)C1. The van der Waals surface area contributed by atoms with Crippen LogP contribution in [-0.4, -0.2) is 34.2 Å². The fourth-order valence-corrected chi connectivity index (χ4v) is 2.61. The highest BCUT2D eigenvalue weighted by atomic mass is 16.5. The molecular weight excluding hydrogens is 264 g/mol. The van der Waals surface area contributed by atoms with Gasteiger partial charge >= 0.3 is 0 Å². The summed E-state index contributed by atoms with van der Waals surface area (Å²) in [6.07, 6.45) is 2.44. The minimum Gasteiger partial charge on any atom is -0.487 e. The molecule has 1 fully saturated rings. The maximum atomic E-state index is 9.62. The van der Waals surface area contributed by atoms with Crippen molar-refractivity contribution in [1.82, 2.24) is 9.88 Å². The third-order valence-electron chi connectivity index (χ3n) is 3.72. The maximum Gasteiger partial charge on any atom is 0.130 e. The number of pyridine rings is 1. The summed E-state index contributed by atoms with van der Waals surface area (Å²) >= 11 is 0. The molecule has 1 aliphatic rings. The largest absolute Gasteiger partial charge is 0.487 e. The molecule has 0 amide bonds. The Balaban J connectivity index is 1.65. The van der Waals surface area contributed by atoms with Crippen LogP contribution in [0.15, 0.2) is 48.7 Å². The Morgan fingerprint density at radius 1 is 1.19 bits per heavy atom. The Morgan fingerprint density at radius 3 is 2.81 bits per heavy atom. The highest BCUT2D eigenvalue weighted by molar-refractivity contribution is 5.33. The summed E-state index contributed by atoms with van der Waals surface area (Å²) in [5.41, 5.74) is 2.08. The number of aromatic nitrogens is 1. The van der Waals surface area contributed by atoms with Gasteiger partial charge in [-0.05, 0) is 24.6 Å². The summed E-state index contributed by atoms with van der Waals surface area (Å²) < 4.78 is 5.91. The molecule has 2 heterocycles. The molecule has 4 nitrogen and oxygen atoms in total. The van der Waals surface area contributed by atoms with E-state index in [0.717, 1.165) is 43.1 Å². The van der Waals surface area contributed by atoms with E-state index >= 15 is 0 Å². The number of benzene rings is 1. The summed E-state index contributed by atoms with van der Waals surface area (Å²) in [6, 6.07) is 13.9. The van der Waals surface area contributed by atoms with E-state index in [1.54, 1.807) is 6.20 Å². The van der Waals surface area contributed by atoms with Gasteiger partial charge in [0, 0.05) is 31.4 Å². The number of para-hydroxylation sites is 1. The molecule has 1 N–H and O–H groups in total. The molecule has 0 spiro atoms. The lowest BCUT2D eigenvalue weighted by molar-refractivity contribution is 0.174. The molecule has 1 aliphatic heterocycles. The zero-order valence-electron chi connectivity index (χ0n) is 12.0.